The first kappa shape index (κ1) is 14.0. The Morgan fingerprint density at radius 3 is 2.64 bits per heavy atom. The maximum absolute atomic E-state index is 12.0. The molecule has 0 saturated heterocycles. The summed E-state index contributed by atoms with van der Waals surface area (Å²) in [5.41, 5.74) is 2.86. The standard InChI is InChI=1S/C17H16N4O/c1-13-2-4-14(5-3-13)10-17(22)20-15-6-7-16(19-11-15)21-9-8-18-12-21/h2-9,11-12H,10H2,1H3,(H,20,22). The van der Waals surface area contributed by atoms with E-state index in [2.05, 4.69) is 15.3 Å². The summed E-state index contributed by atoms with van der Waals surface area (Å²) >= 11 is 0. The molecule has 0 fully saturated rings. The van der Waals surface area contributed by atoms with Crippen LogP contribution in [-0.2, 0) is 11.2 Å². The van der Waals surface area contributed by atoms with E-state index in [9.17, 15) is 4.79 Å². The highest BCUT2D eigenvalue weighted by Gasteiger charge is 2.05. The summed E-state index contributed by atoms with van der Waals surface area (Å²) in [5.74, 6) is 0.704. The lowest BCUT2D eigenvalue weighted by molar-refractivity contribution is -0.115. The van der Waals surface area contributed by atoms with Crippen LogP contribution in [0, 0.1) is 6.92 Å². The number of rotatable bonds is 4. The van der Waals surface area contributed by atoms with Gasteiger partial charge < -0.3 is 5.32 Å². The maximum atomic E-state index is 12.0. The highest BCUT2D eigenvalue weighted by atomic mass is 16.1. The fourth-order valence-electron chi connectivity index (χ4n) is 2.10. The van der Waals surface area contributed by atoms with Crippen LogP contribution in [-0.4, -0.2) is 20.4 Å². The molecular weight excluding hydrogens is 276 g/mol. The van der Waals surface area contributed by atoms with E-state index in [4.69, 9.17) is 0 Å². The van der Waals surface area contributed by atoms with Crippen LogP contribution in [0.3, 0.4) is 0 Å². The Kier molecular flexibility index (Phi) is 3.96. The summed E-state index contributed by atoms with van der Waals surface area (Å²) in [6.45, 7) is 2.03. The quantitative estimate of drug-likeness (QED) is 0.804. The first-order valence-electron chi connectivity index (χ1n) is 7.00. The molecule has 0 aliphatic carbocycles. The molecule has 1 amide bonds. The van der Waals surface area contributed by atoms with Crippen LogP contribution in [0.5, 0.6) is 0 Å². The van der Waals surface area contributed by atoms with Gasteiger partial charge in [-0.1, -0.05) is 29.8 Å². The van der Waals surface area contributed by atoms with Crippen LogP contribution < -0.4 is 5.32 Å². The number of hydrogen-bond donors (Lipinski definition) is 1. The normalized spacial score (nSPS) is 10.4. The molecule has 0 unspecified atom stereocenters. The van der Waals surface area contributed by atoms with Gasteiger partial charge in [-0.3, -0.25) is 9.36 Å². The lowest BCUT2D eigenvalue weighted by Crippen LogP contribution is -2.14. The lowest BCUT2D eigenvalue weighted by Gasteiger charge is -2.07. The van der Waals surface area contributed by atoms with Crippen molar-refractivity contribution < 1.29 is 4.79 Å². The number of nitrogens with one attached hydrogen (secondary N) is 1. The van der Waals surface area contributed by atoms with E-state index in [1.54, 1.807) is 23.3 Å². The van der Waals surface area contributed by atoms with Gasteiger partial charge >= 0.3 is 0 Å². The molecule has 0 radical (unpaired) electrons. The monoisotopic (exact) mass is 292 g/mol. The van der Waals surface area contributed by atoms with Gasteiger partial charge in [-0.05, 0) is 24.6 Å². The van der Waals surface area contributed by atoms with E-state index >= 15 is 0 Å². The summed E-state index contributed by atoms with van der Waals surface area (Å²) in [6, 6.07) is 11.6. The zero-order valence-corrected chi connectivity index (χ0v) is 12.2. The van der Waals surface area contributed by atoms with Crippen LogP contribution in [0.15, 0.2) is 61.3 Å². The summed E-state index contributed by atoms with van der Waals surface area (Å²) in [6.07, 6.45) is 7.18. The molecule has 110 valence electrons. The second kappa shape index (κ2) is 6.22. The Morgan fingerprint density at radius 2 is 2.00 bits per heavy atom. The number of aromatic nitrogens is 3. The van der Waals surface area contributed by atoms with Gasteiger partial charge in [0, 0.05) is 12.4 Å². The molecule has 5 heteroatoms. The Labute approximate surface area is 128 Å². The maximum Gasteiger partial charge on any atom is 0.228 e. The van der Waals surface area contributed by atoms with Gasteiger partial charge in [0.15, 0.2) is 0 Å². The molecule has 22 heavy (non-hydrogen) atoms. The molecule has 0 saturated carbocycles. The molecule has 1 aromatic carbocycles. The van der Waals surface area contributed by atoms with Crippen molar-refractivity contribution >= 4 is 11.6 Å². The largest absolute Gasteiger partial charge is 0.324 e. The smallest absolute Gasteiger partial charge is 0.228 e. The van der Waals surface area contributed by atoms with Crippen molar-refractivity contribution in [1.29, 1.82) is 0 Å². The average Bonchev–Trinajstić information content (AvgIpc) is 3.05. The molecule has 2 aromatic heterocycles. The van der Waals surface area contributed by atoms with Gasteiger partial charge in [0.2, 0.25) is 5.91 Å². The van der Waals surface area contributed by atoms with Crippen molar-refractivity contribution in [3.8, 4) is 5.82 Å². The van der Waals surface area contributed by atoms with E-state index in [1.165, 1.54) is 5.56 Å². The highest BCUT2D eigenvalue weighted by Crippen LogP contribution is 2.11. The number of pyridine rings is 1. The minimum atomic E-state index is -0.0546. The second-order valence-corrected chi connectivity index (χ2v) is 5.09. The zero-order valence-electron chi connectivity index (χ0n) is 12.2. The summed E-state index contributed by atoms with van der Waals surface area (Å²) in [4.78, 5) is 20.3. The fourth-order valence-corrected chi connectivity index (χ4v) is 2.10. The lowest BCUT2D eigenvalue weighted by atomic mass is 10.1. The third-order valence-electron chi connectivity index (χ3n) is 3.29. The number of carbonyl (C=O) groups is 1. The topological polar surface area (TPSA) is 59.8 Å². The van der Waals surface area contributed by atoms with Crippen molar-refractivity contribution in [3.63, 3.8) is 0 Å². The van der Waals surface area contributed by atoms with Gasteiger partial charge in [-0.2, -0.15) is 0 Å². The molecule has 0 aliphatic heterocycles. The number of benzene rings is 1. The Hall–Kier alpha value is -2.95. The molecule has 5 nitrogen and oxygen atoms in total. The molecule has 0 spiro atoms. The summed E-state index contributed by atoms with van der Waals surface area (Å²) < 4.78 is 1.80. The van der Waals surface area contributed by atoms with E-state index in [1.807, 2.05) is 49.5 Å². The molecule has 3 rings (SSSR count). The van der Waals surface area contributed by atoms with Gasteiger partial charge in [0.1, 0.15) is 12.1 Å². The predicted molar refractivity (Wildman–Crippen MR) is 84.9 cm³/mol. The van der Waals surface area contributed by atoms with Crippen LogP contribution >= 0.6 is 0 Å². The molecular formula is C17H16N4O. The minimum Gasteiger partial charge on any atom is -0.324 e. The third-order valence-corrected chi connectivity index (χ3v) is 3.29. The van der Waals surface area contributed by atoms with Crippen LogP contribution in [0.4, 0.5) is 5.69 Å². The van der Waals surface area contributed by atoms with Crippen LogP contribution in [0.1, 0.15) is 11.1 Å². The van der Waals surface area contributed by atoms with E-state index < -0.39 is 0 Å². The van der Waals surface area contributed by atoms with Crippen molar-refractivity contribution in [2.24, 2.45) is 0 Å². The Bertz CT molecular complexity index is 746. The SMILES string of the molecule is Cc1ccc(CC(=O)Nc2ccc(-n3ccnc3)nc2)cc1. The van der Waals surface area contributed by atoms with Crippen LogP contribution in [0.2, 0.25) is 0 Å². The fraction of sp³-hybridized carbons (Fsp3) is 0.118. The molecule has 1 N–H and O–H groups in total. The number of nitrogens with zero attached hydrogens (tertiary/aromatic N) is 3. The number of carbonyl (C=O) groups excluding carboxylic acids is 1. The van der Waals surface area contributed by atoms with Crippen LogP contribution in [0.25, 0.3) is 5.82 Å². The van der Waals surface area contributed by atoms with Gasteiger partial charge in [-0.25, -0.2) is 9.97 Å². The summed E-state index contributed by atoms with van der Waals surface area (Å²) in [7, 11) is 0. The van der Waals surface area contributed by atoms with Gasteiger partial charge in [-0.15, -0.1) is 0 Å². The van der Waals surface area contributed by atoms with E-state index in [-0.39, 0.29) is 5.91 Å². The molecule has 0 aliphatic rings. The number of amides is 1. The number of aryl methyl sites for hydroxylation is 1. The van der Waals surface area contributed by atoms with Gasteiger partial charge in [0.05, 0.1) is 18.3 Å². The average molecular weight is 292 g/mol. The second-order valence-electron chi connectivity index (χ2n) is 5.09. The molecule has 0 bridgehead atoms. The summed E-state index contributed by atoms with van der Waals surface area (Å²) in [5, 5.41) is 2.85. The number of imidazole rings is 1. The number of anilines is 1. The van der Waals surface area contributed by atoms with Crippen molar-refractivity contribution in [2.45, 2.75) is 13.3 Å². The zero-order chi connectivity index (χ0) is 15.4. The van der Waals surface area contributed by atoms with Gasteiger partial charge in [0.25, 0.3) is 0 Å². The molecule has 0 atom stereocenters. The first-order valence-corrected chi connectivity index (χ1v) is 7.00. The van der Waals surface area contributed by atoms with E-state index in [0.717, 1.165) is 11.4 Å². The number of hydrogen-bond acceptors (Lipinski definition) is 3. The predicted octanol–water partition coefficient (Wildman–Crippen LogP) is 2.76. The molecule has 2 heterocycles. The minimum absolute atomic E-state index is 0.0546. The third kappa shape index (κ3) is 3.38. The van der Waals surface area contributed by atoms with Crippen molar-refractivity contribution in [3.05, 3.63) is 72.4 Å². The first-order chi connectivity index (χ1) is 10.7. The Morgan fingerprint density at radius 1 is 1.18 bits per heavy atom. The van der Waals surface area contributed by atoms with Crippen molar-refractivity contribution in [2.75, 3.05) is 5.32 Å². The van der Waals surface area contributed by atoms with E-state index in [0.29, 0.717) is 12.1 Å². The highest BCUT2D eigenvalue weighted by molar-refractivity contribution is 5.92. The Balaban J connectivity index is 1.63. The molecule has 3 aromatic rings. The van der Waals surface area contributed by atoms with Crippen molar-refractivity contribution in [1.82, 2.24) is 14.5 Å².